The van der Waals surface area contributed by atoms with Crippen molar-refractivity contribution in [2.24, 2.45) is 0 Å². The minimum absolute atomic E-state index is 0.0517. The number of nitrogens with zero attached hydrogens (tertiary/aromatic N) is 2. The molecular formula is C14H15F3N4O. The molecule has 5 nitrogen and oxygen atoms in total. The quantitative estimate of drug-likeness (QED) is 0.882. The zero-order chi connectivity index (χ0) is 16.2. The molecule has 0 unspecified atom stereocenters. The summed E-state index contributed by atoms with van der Waals surface area (Å²) in [6.07, 6.45) is -4.54. The predicted molar refractivity (Wildman–Crippen MR) is 77.5 cm³/mol. The molecule has 0 fully saturated rings. The van der Waals surface area contributed by atoms with Gasteiger partial charge in [0, 0.05) is 18.8 Å². The van der Waals surface area contributed by atoms with Gasteiger partial charge in [0.25, 0.3) is 0 Å². The summed E-state index contributed by atoms with van der Waals surface area (Å²) in [5, 5.41) is 5.32. The third-order valence-electron chi connectivity index (χ3n) is 2.68. The Hall–Kier alpha value is -2.51. The van der Waals surface area contributed by atoms with Gasteiger partial charge in [-0.2, -0.15) is 18.2 Å². The smallest absolute Gasteiger partial charge is 0.433 e. The molecule has 0 bridgehead atoms. The maximum absolute atomic E-state index is 12.8. The summed E-state index contributed by atoms with van der Waals surface area (Å²) in [5.41, 5.74) is -0.419. The second-order valence-electron chi connectivity index (χ2n) is 4.29. The standard InChI is InChI=1S/C14H15F3N4O/c1-3-22-10-6-4-9(5-7-10)19-12-8-11(14(15,16)17)20-13(18-2)21-12/h4-8H,3H2,1-2H3,(H2,18,19,20,21). The monoisotopic (exact) mass is 312 g/mol. The molecule has 0 aliphatic carbocycles. The lowest BCUT2D eigenvalue weighted by Crippen LogP contribution is -2.12. The summed E-state index contributed by atoms with van der Waals surface area (Å²) in [4.78, 5) is 7.35. The van der Waals surface area contributed by atoms with E-state index in [-0.39, 0.29) is 11.8 Å². The van der Waals surface area contributed by atoms with E-state index in [2.05, 4.69) is 20.6 Å². The molecule has 0 saturated carbocycles. The van der Waals surface area contributed by atoms with Crippen LogP contribution in [0.2, 0.25) is 0 Å². The van der Waals surface area contributed by atoms with Crippen molar-refractivity contribution in [2.75, 3.05) is 24.3 Å². The number of hydrogen-bond acceptors (Lipinski definition) is 5. The summed E-state index contributed by atoms with van der Waals surface area (Å²) in [5.74, 6) is 0.627. The van der Waals surface area contributed by atoms with Gasteiger partial charge in [0.15, 0.2) is 5.69 Å². The summed E-state index contributed by atoms with van der Waals surface area (Å²) in [6.45, 7) is 2.41. The fourth-order valence-electron chi connectivity index (χ4n) is 1.72. The first kappa shape index (κ1) is 15.9. The zero-order valence-corrected chi connectivity index (χ0v) is 12.0. The fourth-order valence-corrected chi connectivity index (χ4v) is 1.72. The lowest BCUT2D eigenvalue weighted by Gasteiger charge is -2.12. The van der Waals surface area contributed by atoms with Crippen molar-refractivity contribution in [3.05, 3.63) is 36.0 Å². The number of halogens is 3. The number of rotatable bonds is 5. The first-order chi connectivity index (χ1) is 10.4. The first-order valence-corrected chi connectivity index (χ1v) is 6.56. The largest absolute Gasteiger partial charge is 0.494 e. The Kier molecular flexibility index (Phi) is 4.69. The van der Waals surface area contributed by atoms with Crippen LogP contribution in [-0.2, 0) is 6.18 Å². The van der Waals surface area contributed by atoms with Crippen LogP contribution in [0.5, 0.6) is 5.75 Å². The zero-order valence-electron chi connectivity index (χ0n) is 12.0. The molecule has 2 N–H and O–H groups in total. The molecule has 2 rings (SSSR count). The Balaban J connectivity index is 2.24. The van der Waals surface area contributed by atoms with E-state index in [9.17, 15) is 13.2 Å². The third kappa shape index (κ3) is 4.00. The fraction of sp³-hybridized carbons (Fsp3) is 0.286. The molecule has 0 aliphatic heterocycles. The maximum Gasteiger partial charge on any atom is 0.433 e. The lowest BCUT2D eigenvalue weighted by molar-refractivity contribution is -0.141. The van der Waals surface area contributed by atoms with Crippen LogP contribution in [0.3, 0.4) is 0 Å². The van der Waals surface area contributed by atoms with Crippen LogP contribution in [0.1, 0.15) is 12.6 Å². The van der Waals surface area contributed by atoms with Gasteiger partial charge in [-0.15, -0.1) is 0 Å². The van der Waals surface area contributed by atoms with Crippen LogP contribution in [-0.4, -0.2) is 23.6 Å². The molecule has 1 heterocycles. The van der Waals surface area contributed by atoms with E-state index >= 15 is 0 Å². The van der Waals surface area contributed by atoms with Crippen LogP contribution in [0.15, 0.2) is 30.3 Å². The molecule has 0 atom stereocenters. The number of alkyl halides is 3. The molecule has 22 heavy (non-hydrogen) atoms. The molecule has 0 aliphatic rings. The molecule has 0 amide bonds. The van der Waals surface area contributed by atoms with Crippen LogP contribution < -0.4 is 15.4 Å². The van der Waals surface area contributed by atoms with E-state index in [1.165, 1.54) is 7.05 Å². The number of aromatic nitrogens is 2. The van der Waals surface area contributed by atoms with Gasteiger partial charge in [0.05, 0.1) is 6.61 Å². The summed E-state index contributed by atoms with van der Waals surface area (Å²) < 4.78 is 43.7. The molecule has 1 aromatic heterocycles. The second-order valence-corrected chi connectivity index (χ2v) is 4.29. The first-order valence-electron chi connectivity index (χ1n) is 6.56. The number of ether oxygens (including phenoxy) is 1. The van der Waals surface area contributed by atoms with Gasteiger partial charge in [-0.25, -0.2) is 4.98 Å². The van der Waals surface area contributed by atoms with Crippen LogP contribution in [0.25, 0.3) is 0 Å². The van der Waals surface area contributed by atoms with Crippen molar-refractivity contribution in [2.45, 2.75) is 13.1 Å². The Labute approximate surface area is 125 Å². The van der Waals surface area contributed by atoms with E-state index in [0.717, 1.165) is 6.07 Å². The highest BCUT2D eigenvalue weighted by molar-refractivity contribution is 5.58. The molecule has 118 valence electrons. The van der Waals surface area contributed by atoms with Gasteiger partial charge in [0.2, 0.25) is 5.95 Å². The van der Waals surface area contributed by atoms with Crippen LogP contribution in [0.4, 0.5) is 30.6 Å². The Morgan fingerprint density at radius 1 is 1.14 bits per heavy atom. The van der Waals surface area contributed by atoms with Gasteiger partial charge < -0.3 is 15.4 Å². The highest BCUT2D eigenvalue weighted by Crippen LogP contribution is 2.30. The van der Waals surface area contributed by atoms with Crippen molar-refractivity contribution in [1.82, 2.24) is 9.97 Å². The van der Waals surface area contributed by atoms with Crippen molar-refractivity contribution in [3.63, 3.8) is 0 Å². The van der Waals surface area contributed by atoms with E-state index in [1.807, 2.05) is 6.92 Å². The Morgan fingerprint density at radius 2 is 1.82 bits per heavy atom. The van der Waals surface area contributed by atoms with E-state index in [1.54, 1.807) is 24.3 Å². The summed E-state index contributed by atoms with van der Waals surface area (Å²) in [6, 6.07) is 7.68. The minimum atomic E-state index is -4.54. The van der Waals surface area contributed by atoms with Crippen molar-refractivity contribution in [1.29, 1.82) is 0 Å². The Bertz CT molecular complexity index is 629. The van der Waals surface area contributed by atoms with Crippen LogP contribution >= 0.6 is 0 Å². The number of anilines is 3. The SMILES string of the molecule is CCOc1ccc(Nc2cc(C(F)(F)F)nc(NC)n2)cc1. The third-order valence-corrected chi connectivity index (χ3v) is 2.68. The van der Waals surface area contributed by atoms with Gasteiger partial charge in [-0.3, -0.25) is 0 Å². The van der Waals surface area contributed by atoms with E-state index in [4.69, 9.17) is 4.74 Å². The average Bonchev–Trinajstić information content (AvgIpc) is 2.48. The van der Waals surface area contributed by atoms with Crippen LogP contribution in [0, 0.1) is 0 Å². The van der Waals surface area contributed by atoms with E-state index in [0.29, 0.717) is 18.0 Å². The van der Waals surface area contributed by atoms with Gasteiger partial charge >= 0.3 is 6.18 Å². The van der Waals surface area contributed by atoms with E-state index < -0.39 is 11.9 Å². The molecule has 2 aromatic rings. The lowest BCUT2D eigenvalue weighted by atomic mass is 10.3. The maximum atomic E-state index is 12.8. The molecule has 0 spiro atoms. The molecule has 8 heteroatoms. The topological polar surface area (TPSA) is 59.1 Å². The molecule has 0 radical (unpaired) electrons. The van der Waals surface area contributed by atoms with Crippen molar-refractivity contribution >= 4 is 17.5 Å². The van der Waals surface area contributed by atoms with Crippen molar-refractivity contribution < 1.29 is 17.9 Å². The number of hydrogen-bond donors (Lipinski definition) is 2. The Morgan fingerprint density at radius 3 is 2.36 bits per heavy atom. The predicted octanol–water partition coefficient (Wildman–Crippen LogP) is 3.68. The van der Waals surface area contributed by atoms with Gasteiger partial charge in [0.1, 0.15) is 11.6 Å². The number of benzene rings is 1. The number of nitrogens with one attached hydrogen (secondary N) is 2. The second kappa shape index (κ2) is 6.50. The minimum Gasteiger partial charge on any atom is -0.494 e. The molecule has 0 saturated heterocycles. The van der Waals surface area contributed by atoms with Gasteiger partial charge in [-0.1, -0.05) is 0 Å². The summed E-state index contributed by atoms with van der Waals surface area (Å²) >= 11 is 0. The van der Waals surface area contributed by atoms with Gasteiger partial charge in [-0.05, 0) is 31.2 Å². The van der Waals surface area contributed by atoms with Crippen molar-refractivity contribution in [3.8, 4) is 5.75 Å². The normalized spacial score (nSPS) is 11.1. The molecule has 1 aromatic carbocycles. The highest BCUT2D eigenvalue weighted by atomic mass is 19.4. The molecular weight excluding hydrogens is 297 g/mol. The summed E-state index contributed by atoms with van der Waals surface area (Å²) in [7, 11) is 1.45. The average molecular weight is 312 g/mol. The highest BCUT2D eigenvalue weighted by Gasteiger charge is 2.33.